The maximum absolute atomic E-state index is 14.4. The predicted molar refractivity (Wildman–Crippen MR) is 137 cm³/mol. The molecule has 0 aromatic heterocycles. The summed E-state index contributed by atoms with van der Waals surface area (Å²) in [6.07, 6.45) is 20.5. The molecule has 9 aliphatic carbocycles. The van der Waals surface area contributed by atoms with E-state index in [9.17, 15) is 4.79 Å². The first-order valence-corrected chi connectivity index (χ1v) is 12.4. The van der Waals surface area contributed by atoms with Crippen molar-refractivity contribution >= 4 is 5.78 Å². The molecule has 5 heteroatoms. The lowest BCUT2D eigenvalue weighted by molar-refractivity contribution is -0.122. The van der Waals surface area contributed by atoms with Gasteiger partial charge in [-0.2, -0.15) is 0 Å². The zero-order valence-corrected chi connectivity index (χ0v) is 19.3. The van der Waals surface area contributed by atoms with Crippen LogP contribution in [0.1, 0.15) is 0 Å². The van der Waals surface area contributed by atoms with Crippen molar-refractivity contribution in [3.8, 4) is 0 Å². The van der Waals surface area contributed by atoms with Crippen molar-refractivity contribution in [1.29, 1.82) is 0 Å². The minimum Gasteiger partial charge on any atom is -0.398 e. The van der Waals surface area contributed by atoms with Crippen LogP contribution in [0.25, 0.3) is 0 Å². The van der Waals surface area contributed by atoms with E-state index in [2.05, 4.69) is 36.5 Å². The van der Waals surface area contributed by atoms with Gasteiger partial charge in [0.15, 0.2) is 0 Å². The number of hydrogen-bond donors (Lipinski definition) is 4. The second-order valence-corrected chi connectivity index (χ2v) is 10.8. The fraction of sp³-hybridized carbons (Fsp3) is 0.129. The number of ketones is 1. The van der Waals surface area contributed by atoms with Crippen LogP contribution in [0.3, 0.4) is 0 Å². The van der Waals surface area contributed by atoms with Crippen molar-refractivity contribution in [2.75, 3.05) is 0 Å². The quantitative estimate of drug-likeness (QED) is 0.437. The average Bonchev–Trinajstić information content (AvgIpc) is 3.46. The highest BCUT2D eigenvalue weighted by atomic mass is 16.1. The first-order valence-electron chi connectivity index (χ1n) is 12.4. The van der Waals surface area contributed by atoms with Gasteiger partial charge in [0.05, 0.1) is 23.7 Å². The Morgan fingerprint density at radius 3 is 1.50 bits per heavy atom. The van der Waals surface area contributed by atoms with E-state index in [1.165, 1.54) is 0 Å². The summed E-state index contributed by atoms with van der Waals surface area (Å²) in [6, 6.07) is 0. The summed E-state index contributed by atoms with van der Waals surface area (Å²) < 4.78 is 0. The maximum Gasteiger partial charge on any atom is 0.149 e. The molecule has 2 radical (unpaired) electrons. The van der Waals surface area contributed by atoms with E-state index in [1.807, 2.05) is 24.3 Å². The van der Waals surface area contributed by atoms with Crippen LogP contribution in [-0.4, -0.2) is 5.78 Å². The minimum atomic E-state index is -0.313. The predicted octanol–water partition coefficient (Wildman–Crippen LogP) is 2.81. The maximum atomic E-state index is 14.4. The van der Waals surface area contributed by atoms with Gasteiger partial charge in [-0.05, 0) is 80.0 Å². The molecular weight excluding hydrogens is 444 g/mol. The largest absolute Gasteiger partial charge is 0.398 e. The number of nitrogens with two attached hydrogens (primary N) is 4. The topological polar surface area (TPSA) is 121 Å². The Hall–Kier alpha value is -4.25. The third-order valence-corrected chi connectivity index (χ3v) is 9.36. The summed E-state index contributed by atoms with van der Waals surface area (Å²) in [7, 11) is 0. The van der Waals surface area contributed by atoms with E-state index < -0.39 is 0 Å². The normalized spacial score (nSPS) is 34.7. The lowest BCUT2D eigenvalue weighted by Gasteiger charge is -2.35. The molecule has 0 spiro atoms. The Morgan fingerprint density at radius 2 is 1.06 bits per heavy atom. The van der Waals surface area contributed by atoms with Crippen LogP contribution < -0.4 is 22.9 Å². The van der Waals surface area contributed by atoms with Crippen molar-refractivity contribution in [3.63, 3.8) is 0 Å². The second-order valence-electron chi connectivity index (χ2n) is 10.8. The van der Waals surface area contributed by atoms with Crippen molar-refractivity contribution < 1.29 is 4.79 Å². The molecule has 5 nitrogen and oxygen atoms in total. The van der Waals surface area contributed by atoms with E-state index in [1.54, 1.807) is 0 Å². The molecule has 0 bridgehead atoms. The van der Waals surface area contributed by atoms with E-state index >= 15 is 0 Å². The van der Waals surface area contributed by atoms with Crippen molar-refractivity contribution in [3.05, 3.63) is 151 Å². The molecule has 4 unspecified atom stereocenters. The monoisotopic (exact) mass is 466 g/mol. The lowest BCUT2D eigenvalue weighted by atomic mass is 9.68. The molecule has 4 atom stereocenters. The molecule has 9 aliphatic rings. The van der Waals surface area contributed by atoms with Gasteiger partial charge < -0.3 is 22.9 Å². The van der Waals surface area contributed by atoms with Gasteiger partial charge in [0, 0.05) is 34.6 Å². The van der Waals surface area contributed by atoms with Gasteiger partial charge in [-0.3, -0.25) is 4.79 Å². The molecule has 0 amide bonds. The Morgan fingerprint density at radius 1 is 0.611 bits per heavy atom. The smallest absolute Gasteiger partial charge is 0.149 e. The zero-order chi connectivity index (χ0) is 24.2. The molecule has 9 rings (SSSR count). The van der Waals surface area contributed by atoms with Crippen molar-refractivity contribution in [2.45, 2.75) is 0 Å². The Balaban J connectivity index is 1.31. The average molecular weight is 467 g/mol. The van der Waals surface area contributed by atoms with Gasteiger partial charge in [0.2, 0.25) is 0 Å². The molecule has 8 N–H and O–H groups in total. The van der Waals surface area contributed by atoms with Gasteiger partial charge in [-0.15, -0.1) is 0 Å². The molecule has 0 aromatic rings. The van der Waals surface area contributed by atoms with Gasteiger partial charge in [-0.1, -0.05) is 36.5 Å². The van der Waals surface area contributed by atoms with Crippen LogP contribution in [-0.2, 0) is 4.79 Å². The molecule has 0 heterocycles. The van der Waals surface area contributed by atoms with Crippen LogP contribution in [0.4, 0.5) is 0 Å². The van der Waals surface area contributed by atoms with Crippen LogP contribution in [0, 0.1) is 35.5 Å². The van der Waals surface area contributed by atoms with E-state index in [-0.39, 0.29) is 29.5 Å². The number of rotatable bonds is 0. The zero-order valence-electron chi connectivity index (χ0n) is 19.3. The highest BCUT2D eigenvalue weighted by Gasteiger charge is 2.65. The van der Waals surface area contributed by atoms with Crippen LogP contribution in [0.5, 0.6) is 0 Å². The van der Waals surface area contributed by atoms with E-state index in [0.717, 1.165) is 79.0 Å². The Kier molecular flexibility index (Phi) is 3.04. The standard InChI is InChI=1S/C31H22N4O/c32-17-9-15-23-21-11(3-1-5-13(17)21)7-19(34)27(23)29-25(15)26-16-10-18(33)14-6-2-4-12-8-20(35)28(24(16)22(12)14)30(26)31(29)36/h1-10,25-26,29-30H,32-35H2. The second kappa shape index (κ2) is 5.76. The number of allylic oxidation sites excluding steroid dienone is 20. The molecule has 0 saturated heterocycles. The van der Waals surface area contributed by atoms with Gasteiger partial charge in [-0.25, -0.2) is 0 Å². The summed E-state index contributed by atoms with van der Waals surface area (Å²) in [6.45, 7) is 0. The molecule has 36 heavy (non-hydrogen) atoms. The number of hydrogen-bond acceptors (Lipinski definition) is 5. The third-order valence-electron chi connectivity index (χ3n) is 9.36. The fourth-order valence-electron chi connectivity index (χ4n) is 8.25. The molecule has 172 valence electrons. The van der Waals surface area contributed by atoms with Crippen molar-refractivity contribution in [2.24, 2.45) is 46.6 Å². The summed E-state index contributed by atoms with van der Waals surface area (Å²) in [5, 5.41) is 0. The summed E-state index contributed by atoms with van der Waals surface area (Å²) >= 11 is 0. The number of Topliss-reactive ketones (excluding diaryl/α,β-unsaturated/α-hetero) is 1. The molecule has 0 aromatic carbocycles. The number of fused-ring (bicyclic) bond motifs is 7. The van der Waals surface area contributed by atoms with Crippen LogP contribution >= 0.6 is 0 Å². The Labute approximate surface area is 208 Å². The van der Waals surface area contributed by atoms with Crippen molar-refractivity contribution in [1.82, 2.24) is 0 Å². The highest BCUT2D eigenvalue weighted by Crippen LogP contribution is 2.69. The first-order chi connectivity index (χ1) is 17.5. The van der Waals surface area contributed by atoms with Gasteiger partial charge in [0.25, 0.3) is 0 Å². The minimum absolute atomic E-state index is 0.0523. The van der Waals surface area contributed by atoms with Gasteiger partial charge in [0.1, 0.15) is 5.78 Å². The third kappa shape index (κ3) is 1.84. The van der Waals surface area contributed by atoms with Crippen LogP contribution in [0.2, 0.25) is 0 Å². The summed E-state index contributed by atoms with van der Waals surface area (Å²) in [5.41, 5.74) is 40.1. The Bertz CT molecular complexity index is 1580. The van der Waals surface area contributed by atoms with E-state index in [0.29, 0.717) is 11.4 Å². The summed E-state index contributed by atoms with van der Waals surface area (Å²) in [5.74, 6) is 1.70. The summed E-state index contributed by atoms with van der Waals surface area (Å²) in [4.78, 5) is 14.4. The number of carbonyl (C=O) groups excluding carboxylic acids is 1. The fourth-order valence-corrected chi connectivity index (χ4v) is 8.25. The molecular formula is C31H22N4O. The highest BCUT2D eigenvalue weighted by molar-refractivity contribution is 6.01. The SMILES string of the molecule is NC1=CC2=CC=CC3=C(N)C=C4C(=C1C1C(=O)C5C6=C7[C]8C(=CC=CC8=C(N)C=C7C5C41)C=C6N)[C]23. The number of carbonyl (C=O) groups is 1. The first kappa shape index (κ1) is 19.0. The molecule has 1 saturated carbocycles. The molecule has 0 aliphatic heterocycles. The van der Waals surface area contributed by atoms with Gasteiger partial charge >= 0.3 is 0 Å². The van der Waals surface area contributed by atoms with Crippen LogP contribution in [0.15, 0.2) is 139 Å². The van der Waals surface area contributed by atoms with E-state index in [4.69, 9.17) is 22.9 Å². The lowest BCUT2D eigenvalue weighted by Crippen LogP contribution is -2.28. The molecule has 1 fully saturated rings.